The van der Waals surface area contributed by atoms with E-state index in [1.54, 1.807) is 6.92 Å². The Balaban J connectivity index is 0.000000200. The molecule has 0 aliphatic heterocycles. The second-order valence-electron chi connectivity index (χ2n) is 9.03. The van der Waals surface area contributed by atoms with Crippen molar-refractivity contribution >= 4 is 23.9 Å². The van der Waals surface area contributed by atoms with Crippen LogP contribution in [0.25, 0.3) is 0 Å². The maximum atomic E-state index is 10.7. The molecule has 0 amide bonds. The lowest BCUT2D eigenvalue weighted by molar-refractivity contribution is -0.146. The summed E-state index contributed by atoms with van der Waals surface area (Å²) in [6, 6.07) is 0. The number of carbonyl (C=O) groups is 4. The lowest BCUT2D eigenvalue weighted by Gasteiger charge is -2.02. The fraction of sp³-hybridized carbons (Fsp3) is 0.800. The number of hydrogen-bond acceptors (Lipinski definition) is 8. The largest absolute Gasteiger partial charge is 0.481 e. The van der Waals surface area contributed by atoms with Crippen LogP contribution in [-0.4, -0.2) is 59.4 Å². The summed E-state index contributed by atoms with van der Waals surface area (Å²) >= 11 is 0. The summed E-state index contributed by atoms with van der Waals surface area (Å²) in [5.41, 5.74) is 8.74. The zero-order valence-electron chi connectivity index (χ0n) is 18.2. The third-order valence-corrected chi connectivity index (χ3v) is 5.79. The van der Waals surface area contributed by atoms with E-state index < -0.39 is 23.0 Å². The summed E-state index contributed by atoms with van der Waals surface area (Å²) in [4.78, 5) is 41.3. The van der Waals surface area contributed by atoms with Gasteiger partial charge in [0.15, 0.2) is 0 Å². The number of esters is 2. The second-order valence-corrected chi connectivity index (χ2v) is 9.03. The summed E-state index contributed by atoms with van der Waals surface area (Å²) < 4.78 is 8.95. The van der Waals surface area contributed by atoms with Gasteiger partial charge in [0.05, 0.1) is 25.0 Å². The Morgan fingerprint density at radius 3 is 1.07 bits per heavy atom. The monoisotopic (exact) mass is 430 g/mol. The third kappa shape index (κ3) is 7.56. The van der Waals surface area contributed by atoms with Crippen molar-refractivity contribution < 1.29 is 38.9 Å². The molecule has 0 aromatic carbocycles. The molecule has 172 valence electrons. The van der Waals surface area contributed by atoms with Gasteiger partial charge in [-0.05, 0) is 65.2 Å². The van der Waals surface area contributed by atoms with Crippen LogP contribution in [-0.2, 0) is 28.7 Å². The molecule has 6 N–H and O–H groups in total. The number of carboxylic acid groups (broad SMARTS) is 2. The van der Waals surface area contributed by atoms with Crippen molar-refractivity contribution in [3.05, 3.63) is 0 Å². The first-order valence-corrected chi connectivity index (χ1v) is 9.89. The first-order chi connectivity index (χ1) is 13.7. The fourth-order valence-electron chi connectivity index (χ4n) is 1.93. The number of hydrogen-bond donors (Lipinski definition) is 4. The molecule has 4 fully saturated rings. The van der Waals surface area contributed by atoms with Gasteiger partial charge >= 0.3 is 23.9 Å². The quantitative estimate of drug-likeness (QED) is 0.471. The van der Waals surface area contributed by atoms with E-state index in [2.05, 4.69) is 9.47 Å². The molecule has 0 atom stereocenters. The predicted molar refractivity (Wildman–Crippen MR) is 106 cm³/mol. The molecule has 0 heterocycles. The van der Waals surface area contributed by atoms with Crippen LogP contribution in [0.1, 0.15) is 65.2 Å². The lowest BCUT2D eigenvalue weighted by Crippen LogP contribution is -2.33. The molecule has 0 bridgehead atoms. The molecule has 0 unspecified atom stereocenters. The summed E-state index contributed by atoms with van der Waals surface area (Å²) in [5, 5.41) is 16.5. The summed E-state index contributed by atoms with van der Waals surface area (Å²) in [6.07, 6.45) is 6.56. The summed E-state index contributed by atoms with van der Waals surface area (Å²) in [7, 11) is 2.79. The van der Waals surface area contributed by atoms with E-state index in [1.807, 2.05) is 6.92 Å². The molecule has 0 saturated heterocycles. The molecule has 10 nitrogen and oxygen atoms in total. The van der Waals surface area contributed by atoms with Crippen LogP contribution in [0.5, 0.6) is 0 Å². The topological polar surface area (TPSA) is 179 Å². The van der Waals surface area contributed by atoms with E-state index in [0.717, 1.165) is 38.5 Å². The smallest absolute Gasteiger partial charge is 0.325 e. The van der Waals surface area contributed by atoms with Gasteiger partial charge in [0.2, 0.25) is 0 Å². The van der Waals surface area contributed by atoms with Gasteiger partial charge in [-0.15, -0.1) is 0 Å². The number of carbonyl (C=O) groups excluding carboxylic acids is 2. The number of ether oxygens (including phenoxy) is 2. The normalized spacial score (nSPS) is 23.1. The Labute approximate surface area is 176 Å². The van der Waals surface area contributed by atoms with Gasteiger partial charge in [-0.3, -0.25) is 19.2 Å². The molecule has 4 aliphatic rings. The van der Waals surface area contributed by atoms with Crippen molar-refractivity contribution in [3.63, 3.8) is 0 Å². The zero-order valence-corrected chi connectivity index (χ0v) is 18.2. The molecule has 0 radical (unpaired) electrons. The Kier molecular flexibility index (Phi) is 8.01. The minimum absolute atomic E-state index is 0.0579. The highest BCUT2D eigenvalue weighted by Gasteiger charge is 2.48. The van der Waals surface area contributed by atoms with Crippen LogP contribution in [0.4, 0.5) is 0 Å². The van der Waals surface area contributed by atoms with Crippen LogP contribution < -0.4 is 11.5 Å². The highest BCUT2D eigenvalue weighted by molar-refractivity contribution is 5.83. The number of nitrogens with two attached hydrogens (primary N) is 2. The van der Waals surface area contributed by atoms with Gasteiger partial charge in [0, 0.05) is 0 Å². The minimum Gasteiger partial charge on any atom is -0.481 e. The van der Waals surface area contributed by atoms with Crippen LogP contribution in [0.15, 0.2) is 0 Å². The van der Waals surface area contributed by atoms with E-state index in [1.165, 1.54) is 14.2 Å². The molecular formula is C20H34N2O8. The molecular weight excluding hydrogens is 396 g/mol. The standard InChI is InChI=1S/C6H10O2.C5H9NO2.C5H8O2.C4H7NO2/c1-6(3-4-6)5(7)8-2;1-8-4(7)5(6)2-3-5;1-5(2-3-5)4(6)7;5-4(1-2-4)3(6)7/h3-4H2,1-2H3;2-3,6H2,1H3;2-3H2,1H3,(H,6,7);1-2,5H2,(H,6,7). The molecule has 0 spiro atoms. The highest BCUT2D eigenvalue weighted by atomic mass is 16.5. The van der Waals surface area contributed by atoms with E-state index in [0.29, 0.717) is 12.8 Å². The predicted octanol–water partition coefficient (Wildman–Crippen LogP) is 1.04. The molecule has 4 rings (SSSR count). The number of aliphatic carboxylic acids is 2. The van der Waals surface area contributed by atoms with Crippen molar-refractivity contribution in [3.8, 4) is 0 Å². The Morgan fingerprint density at radius 1 is 0.633 bits per heavy atom. The van der Waals surface area contributed by atoms with E-state index >= 15 is 0 Å². The van der Waals surface area contributed by atoms with Crippen molar-refractivity contribution in [2.24, 2.45) is 22.3 Å². The maximum absolute atomic E-state index is 10.7. The minimum atomic E-state index is -0.868. The van der Waals surface area contributed by atoms with E-state index in [4.69, 9.17) is 21.7 Å². The molecule has 10 heteroatoms. The average molecular weight is 430 g/mol. The van der Waals surface area contributed by atoms with Crippen LogP contribution >= 0.6 is 0 Å². The van der Waals surface area contributed by atoms with Gasteiger partial charge < -0.3 is 31.2 Å². The van der Waals surface area contributed by atoms with E-state index in [-0.39, 0.29) is 22.8 Å². The summed E-state index contributed by atoms with van der Waals surface area (Å²) in [6.45, 7) is 3.70. The number of carboxylic acids is 2. The van der Waals surface area contributed by atoms with Gasteiger partial charge in [-0.1, -0.05) is 0 Å². The van der Waals surface area contributed by atoms with Gasteiger partial charge in [-0.25, -0.2) is 0 Å². The van der Waals surface area contributed by atoms with Crippen molar-refractivity contribution in [1.29, 1.82) is 0 Å². The highest BCUT2D eigenvalue weighted by Crippen LogP contribution is 2.46. The van der Waals surface area contributed by atoms with Crippen LogP contribution in [0.2, 0.25) is 0 Å². The van der Waals surface area contributed by atoms with Gasteiger partial charge in [0.25, 0.3) is 0 Å². The Hall–Kier alpha value is -2.20. The van der Waals surface area contributed by atoms with Crippen molar-refractivity contribution in [2.75, 3.05) is 14.2 Å². The Morgan fingerprint density at radius 2 is 1.00 bits per heavy atom. The SMILES string of the molecule is CC1(C(=O)O)CC1.COC(=O)C1(C)CC1.COC(=O)C1(N)CC1.NC1(C(=O)O)CC1. The number of methoxy groups -OCH3 is 2. The summed E-state index contributed by atoms with van der Waals surface area (Å²) in [5.74, 6) is -1.85. The second kappa shape index (κ2) is 9.30. The first-order valence-electron chi connectivity index (χ1n) is 9.89. The van der Waals surface area contributed by atoms with Crippen molar-refractivity contribution in [2.45, 2.75) is 76.3 Å². The van der Waals surface area contributed by atoms with Gasteiger partial charge in [0.1, 0.15) is 11.1 Å². The first kappa shape index (κ1) is 25.8. The van der Waals surface area contributed by atoms with Crippen molar-refractivity contribution in [1.82, 2.24) is 0 Å². The molecule has 0 aromatic rings. The van der Waals surface area contributed by atoms with E-state index in [9.17, 15) is 19.2 Å². The molecule has 4 saturated carbocycles. The van der Waals surface area contributed by atoms with Crippen LogP contribution in [0.3, 0.4) is 0 Å². The zero-order chi connectivity index (χ0) is 23.4. The van der Waals surface area contributed by atoms with Gasteiger partial charge in [-0.2, -0.15) is 0 Å². The molecule has 0 aromatic heterocycles. The molecule has 30 heavy (non-hydrogen) atoms. The lowest BCUT2D eigenvalue weighted by atomic mass is 10.1. The third-order valence-electron chi connectivity index (χ3n) is 5.79. The molecule has 4 aliphatic carbocycles. The average Bonchev–Trinajstić information content (AvgIpc) is 3.47. The fourth-order valence-corrected chi connectivity index (χ4v) is 1.93. The Bertz CT molecular complexity index is 616. The van der Waals surface area contributed by atoms with Crippen LogP contribution in [0, 0.1) is 10.8 Å². The maximum Gasteiger partial charge on any atom is 0.325 e. The number of rotatable bonds is 4.